The molecule has 2 amide bonds. The molecule has 0 aliphatic heterocycles. The number of nitrogens with zero attached hydrogens (tertiary/aromatic N) is 1. The minimum atomic E-state index is -0.812. The lowest BCUT2D eigenvalue weighted by atomic mass is 9.87. The number of anilines is 1. The van der Waals surface area contributed by atoms with Crippen LogP contribution in [0.5, 0.6) is 0 Å². The van der Waals surface area contributed by atoms with Gasteiger partial charge in [0.05, 0.1) is 4.92 Å². The summed E-state index contributed by atoms with van der Waals surface area (Å²) in [5.74, 6) is -1.99. The van der Waals surface area contributed by atoms with Crippen molar-refractivity contribution in [3.63, 3.8) is 0 Å². The predicted octanol–water partition coefficient (Wildman–Crippen LogP) is 3.11. The molecule has 0 heterocycles. The van der Waals surface area contributed by atoms with Gasteiger partial charge in [-0.15, -0.1) is 0 Å². The quantitative estimate of drug-likeness (QED) is 0.397. The van der Waals surface area contributed by atoms with Crippen molar-refractivity contribution in [3.8, 4) is 0 Å². The Balaban J connectivity index is 1.82. The SMILES string of the molecule is Cc1ccc(NC(=O)COC(=O)CNC(=O)c2ccc(C(C)(C)C)cc2)c([N+](=O)[O-])c1. The molecule has 2 aromatic rings. The van der Waals surface area contributed by atoms with E-state index >= 15 is 0 Å². The predicted molar refractivity (Wildman–Crippen MR) is 115 cm³/mol. The van der Waals surface area contributed by atoms with E-state index in [-0.39, 0.29) is 16.8 Å². The van der Waals surface area contributed by atoms with E-state index in [1.54, 1.807) is 25.1 Å². The summed E-state index contributed by atoms with van der Waals surface area (Å²) in [4.78, 5) is 46.4. The largest absolute Gasteiger partial charge is 0.454 e. The molecule has 9 nitrogen and oxygen atoms in total. The van der Waals surface area contributed by atoms with E-state index in [0.29, 0.717) is 11.1 Å². The van der Waals surface area contributed by atoms with Gasteiger partial charge in [-0.3, -0.25) is 24.5 Å². The van der Waals surface area contributed by atoms with Crippen LogP contribution in [0.1, 0.15) is 42.3 Å². The molecule has 0 bridgehead atoms. The zero-order valence-electron chi connectivity index (χ0n) is 17.9. The van der Waals surface area contributed by atoms with Crippen molar-refractivity contribution in [1.29, 1.82) is 0 Å². The number of hydrogen-bond acceptors (Lipinski definition) is 6. The van der Waals surface area contributed by atoms with Crippen molar-refractivity contribution in [2.45, 2.75) is 33.1 Å². The minimum absolute atomic E-state index is 0.00338. The van der Waals surface area contributed by atoms with Crippen LogP contribution >= 0.6 is 0 Å². The number of amides is 2. The van der Waals surface area contributed by atoms with Gasteiger partial charge in [0.15, 0.2) is 6.61 Å². The van der Waals surface area contributed by atoms with Crippen LogP contribution in [0, 0.1) is 17.0 Å². The number of nitrogens with one attached hydrogen (secondary N) is 2. The van der Waals surface area contributed by atoms with Crippen LogP contribution < -0.4 is 10.6 Å². The number of benzene rings is 2. The van der Waals surface area contributed by atoms with Crippen molar-refractivity contribution in [2.24, 2.45) is 0 Å². The molecule has 31 heavy (non-hydrogen) atoms. The lowest BCUT2D eigenvalue weighted by molar-refractivity contribution is -0.384. The average molecular weight is 427 g/mol. The van der Waals surface area contributed by atoms with Gasteiger partial charge >= 0.3 is 5.97 Å². The highest BCUT2D eigenvalue weighted by Gasteiger charge is 2.18. The van der Waals surface area contributed by atoms with Crippen LogP contribution in [-0.2, 0) is 19.7 Å². The van der Waals surface area contributed by atoms with Crippen LogP contribution in [0.3, 0.4) is 0 Å². The van der Waals surface area contributed by atoms with Crippen LogP contribution in [0.15, 0.2) is 42.5 Å². The average Bonchev–Trinajstić information content (AvgIpc) is 2.71. The molecule has 2 N–H and O–H groups in total. The van der Waals surface area contributed by atoms with Crippen molar-refractivity contribution < 1.29 is 24.0 Å². The topological polar surface area (TPSA) is 128 Å². The van der Waals surface area contributed by atoms with Gasteiger partial charge in [-0.2, -0.15) is 0 Å². The highest BCUT2D eigenvalue weighted by Crippen LogP contribution is 2.25. The zero-order chi connectivity index (χ0) is 23.2. The number of ether oxygens (including phenoxy) is 1. The number of aryl methyl sites for hydroxylation is 1. The number of carbonyl (C=O) groups is 3. The van der Waals surface area contributed by atoms with Gasteiger partial charge in [-0.25, -0.2) is 0 Å². The summed E-state index contributed by atoms with van der Waals surface area (Å²) >= 11 is 0. The van der Waals surface area contributed by atoms with Crippen molar-refractivity contribution in [3.05, 3.63) is 69.3 Å². The smallest absolute Gasteiger partial charge is 0.325 e. The van der Waals surface area contributed by atoms with Gasteiger partial charge in [0.1, 0.15) is 12.2 Å². The Morgan fingerprint density at radius 2 is 1.71 bits per heavy atom. The van der Waals surface area contributed by atoms with E-state index in [1.165, 1.54) is 12.1 Å². The second kappa shape index (κ2) is 9.84. The van der Waals surface area contributed by atoms with E-state index < -0.39 is 35.9 Å². The highest BCUT2D eigenvalue weighted by atomic mass is 16.6. The molecule has 0 saturated heterocycles. The summed E-state index contributed by atoms with van der Waals surface area (Å²) in [5, 5.41) is 15.8. The Kier molecular flexibility index (Phi) is 7.47. The van der Waals surface area contributed by atoms with E-state index in [4.69, 9.17) is 4.74 Å². The molecule has 0 aliphatic carbocycles. The maximum absolute atomic E-state index is 12.2. The molecule has 0 radical (unpaired) electrons. The summed E-state index contributed by atoms with van der Waals surface area (Å²) in [6.07, 6.45) is 0. The molecule has 0 atom stereocenters. The zero-order valence-corrected chi connectivity index (χ0v) is 17.9. The number of hydrogen-bond donors (Lipinski definition) is 2. The first-order valence-electron chi connectivity index (χ1n) is 9.56. The molecule has 2 rings (SSSR count). The van der Waals surface area contributed by atoms with Crippen LogP contribution in [-0.4, -0.2) is 35.9 Å². The Hall–Kier alpha value is -3.75. The maximum atomic E-state index is 12.2. The highest BCUT2D eigenvalue weighted by molar-refractivity contribution is 5.97. The Morgan fingerprint density at radius 1 is 1.06 bits per heavy atom. The van der Waals surface area contributed by atoms with Gasteiger partial charge in [-0.1, -0.05) is 39.0 Å². The second-order valence-electron chi connectivity index (χ2n) is 8.00. The number of nitro benzene ring substituents is 1. The van der Waals surface area contributed by atoms with E-state index in [2.05, 4.69) is 31.4 Å². The lowest BCUT2D eigenvalue weighted by Gasteiger charge is -2.19. The number of carbonyl (C=O) groups excluding carboxylic acids is 3. The summed E-state index contributed by atoms with van der Waals surface area (Å²) in [6.45, 7) is 6.81. The lowest BCUT2D eigenvalue weighted by Crippen LogP contribution is -2.32. The summed E-state index contributed by atoms with van der Waals surface area (Å²) in [6, 6.07) is 11.4. The first-order valence-corrected chi connectivity index (χ1v) is 9.56. The second-order valence-corrected chi connectivity index (χ2v) is 8.00. The number of esters is 1. The summed E-state index contributed by atoms with van der Waals surface area (Å²) < 4.78 is 4.81. The van der Waals surface area contributed by atoms with Gasteiger partial charge in [-0.05, 0) is 41.7 Å². The van der Waals surface area contributed by atoms with Crippen molar-refractivity contribution in [2.75, 3.05) is 18.5 Å². The van der Waals surface area contributed by atoms with Crippen LogP contribution in [0.2, 0.25) is 0 Å². The molecular formula is C22H25N3O6. The Labute approximate surface area is 179 Å². The monoisotopic (exact) mass is 427 g/mol. The van der Waals surface area contributed by atoms with E-state index in [9.17, 15) is 24.5 Å². The number of nitro groups is 1. The molecule has 0 saturated carbocycles. The normalized spacial score (nSPS) is 10.8. The molecule has 0 aliphatic rings. The van der Waals surface area contributed by atoms with Gasteiger partial charge in [0, 0.05) is 11.6 Å². The Morgan fingerprint density at radius 3 is 2.29 bits per heavy atom. The molecule has 2 aromatic carbocycles. The molecular weight excluding hydrogens is 402 g/mol. The summed E-state index contributed by atoms with van der Waals surface area (Å²) in [7, 11) is 0. The first kappa shape index (κ1) is 23.5. The van der Waals surface area contributed by atoms with Gasteiger partial charge in [0.25, 0.3) is 17.5 Å². The van der Waals surface area contributed by atoms with Gasteiger partial charge < -0.3 is 15.4 Å². The minimum Gasteiger partial charge on any atom is -0.454 e. The third kappa shape index (κ3) is 6.91. The molecule has 0 fully saturated rings. The maximum Gasteiger partial charge on any atom is 0.325 e. The van der Waals surface area contributed by atoms with Crippen molar-refractivity contribution in [1.82, 2.24) is 5.32 Å². The van der Waals surface area contributed by atoms with Gasteiger partial charge in [0.2, 0.25) is 0 Å². The fraction of sp³-hybridized carbons (Fsp3) is 0.318. The Bertz CT molecular complexity index is 993. The molecule has 9 heteroatoms. The first-order chi connectivity index (χ1) is 14.5. The molecule has 0 aromatic heterocycles. The van der Waals surface area contributed by atoms with Crippen LogP contribution in [0.25, 0.3) is 0 Å². The fourth-order valence-electron chi connectivity index (χ4n) is 2.66. The van der Waals surface area contributed by atoms with E-state index in [1.807, 2.05) is 12.1 Å². The molecule has 0 unspecified atom stereocenters. The third-order valence-electron chi connectivity index (χ3n) is 4.39. The summed E-state index contributed by atoms with van der Waals surface area (Å²) in [5.41, 5.74) is 1.83. The number of rotatable bonds is 7. The van der Waals surface area contributed by atoms with E-state index in [0.717, 1.165) is 5.56 Å². The molecule has 0 spiro atoms. The van der Waals surface area contributed by atoms with Crippen LogP contribution in [0.4, 0.5) is 11.4 Å². The standard InChI is InChI=1S/C22H25N3O6/c1-14-5-10-17(18(11-14)25(29)30)24-19(26)13-31-20(27)12-23-21(28)15-6-8-16(9-7-15)22(2,3)4/h5-11H,12-13H2,1-4H3,(H,23,28)(H,24,26). The fourth-order valence-corrected chi connectivity index (χ4v) is 2.66. The van der Waals surface area contributed by atoms with Crippen molar-refractivity contribution >= 4 is 29.2 Å². The third-order valence-corrected chi connectivity index (χ3v) is 4.39. The molecule has 164 valence electrons.